The molecule has 1 rings (SSSR count). The van der Waals surface area contributed by atoms with Crippen LogP contribution in [0.25, 0.3) is 0 Å². The first-order valence-corrected chi connectivity index (χ1v) is 5.23. The first-order valence-electron chi connectivity index (χ1n) is 5.23. The largest absolute Gasteiger partial charge is 0.481 e. The van der Waals surface area contributed by atoms with Gasteiger partial charge in [-0.1, -0.05) is 6.92 Å². The van der Waals surface area contributed by atoms with Gasteiger partial charge in [0.1, 0.15) is 5.82 Å². The van der Waals surface area contributed by atoms with Gasteiger partial charge in [-0.15, -0.1) is 0 Å². The summed E-state index contributed by atoms with van der Waals surface area (Å²) in [6, 6.07) is -0.131. The molecule has 0 saturated carbocycles. The summed E-state index contributed by atoms with van der Waals surface area (Å²) < 4.78 is 38.6. The summed E-state index contributed by atoms with van der Waals surface area (Å²) in [5.41, 5.74) is -0.542. The first-order chi connectivity index (χ1) is 8.81. The minimum atomic E-state index is -1.37. The molecule has 1 aromatic rings. The number of benzene rings is 1. The van der Waals surface area contributed by atoms with Gasteiger partial charge < -0.3 is 15.7 Å². The van der Waals surface area contributed by atoms with Gasteiger partial charge in [0, 0.05) is 18.7 Å². The number of carbonyl (C=O) groups excluding carboxylic acids is 1. The monoisotopic (exact) mass is 276 g/mol. The minimum Gasteiger partial charge on any atom is -0.481 e. The van der Waals surface area contributed by atoms with Crippen molar-refractivity contribution in [2.45, 2.75) is 6.92 Å². The molecule has 0 aliphatic rings. The lowest BCUT2D eigenvalue weighted by Crippen LogP contribution is -2.34. The van der Waals surface area contributed by atoms with E-state index in [1.54, 1.807) is 0 Å². The Morgan fingerprint density at radius 3 is 2.37 bits per heavy atom. The van der Waals surface area contributed by atoms with Gasteiger partial charge in [0.25, 0.3) is 0 Å². The molecule has 0 spiro atoms. The van der Waals surface area contributed by atoms with Crippen LogP contribution in [-0.2, 0) is 4.79 Å². The number of nitrogens with one attached hydrogen (secondary N) is 2. The number of rotatable bonds is 4. The van der Waals surface area contributed by atoms with Crippen molar-refractivity contribution in [2.24, 2.45) is 5.92 Å². The minimum absolute atomic E-state index is 0.188. The number of anilines is 1. The molecule has 104 valence electrons. The fourth-order valence-corrected chi connectivity index (χ4v) is 1.12. The number of urea groups is 1. The number of amides is 2. The molecule has 1 aromatic carbocycles. The summed E-state index contributed by atoms with van der Waals surface area (Å²) in [6.07, 6.45) is 0. The molecule has 0 radical (unpaired) electrons. The maximum Gasteiger partial charge on any atom is 0.319 e. The molecular weight excluding hydrogens is 265 g/mol. The van der Waals surface area contributed by atoms with Crippen LogP contribution < -0.4 is 10.6 Å². The number of carbonyl (C=O) groups is 2. The zero-order valence-corrected chi connectivity index (χ0v) is 9.84. The molecule has 3 N–H and O–H groups in total. The smallest absolute Gasteiger partial charge is 0.319 e. The fourth-order valence-electron chi connectivity index (χ4n) is 1.12. The fraction of sp³-hybridized carbons (Fsp3) is 0.273. The van der Waals surface area contributed by atoms with E-state index in [1.807, 2.05) is 5.32 Å². The Balaban J connectivity index is 2.62. The summed E-state index contributed by atoms with van der Waals surface area (Å²) in [6.45, 7) is 1.17. The second-order valence-electron chi connectivity index (χ2n) is 3.82. The quantitative estimate of drug-likeness (QED) is 0.735. The maximum atomic E-state index is 13.2. The number of aliphatic carboxylic acids is 1. The average Bonchev–Trinajstić information content (AvgIpc) is 2.32. The Kier molecular flexibility index (Phi) is 4.74. The van der Waals surface area contributed by atoms with E-state index in [1.165, 1.54) is 6.92 Å². The van der Waals surface area contributed by atoms with E-state index in [-0.39, 0.29) is 6.54 Å². The Morgan fingerprint density at radius 2 is 1.79 bits per heavy atom. The lowest BCUT2D eigenvalue weighted by atomic mass is 10.2. The van der Waals surface area contributed by atoms with E-state index in [0.717, 1.165) is 0 Å². The summed E-state index contributed by atoms with van der Waals surface area (Å²) in [7, 11) is 0. The molecule has 0 heterocycles. The van der Waals surface area contributed by atoms with Gasteiger partial charge in [-0.3, -0.25) is 4.79 Å². The van der Waals surface area contributed by atoms with E-state index in [0.29, 0.717) is 12.1 Å². The van der Waals surface area contributed by atoms with Crippen LogP contribution in [0.2, 0.25) is 0 Å². The molecule has 1 atom stereocenters. The van der Waals surface area contributed by atoms with E-state index in [9.17, 15) is 22.8 Å². The summed E-state index contributed by atoms with van der Waals surface area (Å²) in [4.78, 5) is 21.8. The van der Waals surface area contributed by atoms with Crippen molar-refractivity contribution in [1.29, 1.82) is 0 Å². The van der Waals surface area contributed by atoms with Crippen LogP contribution in [0.1, 0.15) is 6.92 Å². The third kappa shape index (κ3) is 4.16. The van der Waals surface area contributed by atoms with Gasteiger partial charge in [0.2, 0.25) is 0 Å². The van der Waals surface area contributed by atoms with Crippen molar-refractivity contribution in [3.8, 4) is 0 Å². The molecule has 8 heteroatoms. The van der Waals surface area contributed by atoms with Gasteiger partial charge in [-0.25, -0.2) is 18.0 Å². The average molecular weight is 276 g/mol. The molecule has 0 bridgehead atoms. The van der Waals surface area contributed by atoms with E-state index >= 15 is 0 Å². The number of halogens is 3. The highest BCUT2D eigenvalue weighted by atomic mass is 19.2. The van der Waals surface area contributed by atoms with Crippen LogP contribution in [0.15, 0.2) is 12.1 Å². The predicted octanol–water partition coefficient (Wildman–Crippen LogP) is 1.95. The second kappa shape index (κ2) is 6.07. The molecule has 0 aromatic heterocycles. The van der Waals surface area contributed by atoms with E-state index < -0.39 is 41.1 Å². The molecule has 1 unspecified atom stereocenters. The van der Waals surface area contributed by atoms with E-state index in [2.05, 4.69) is 5.32 Å². The molecule has 5 nitrogen and oxygen atoms in total. The number of hydrogen-bond acceptors (Lipinski definition) is 2. The SMILES string of the molecule is CC(CNC(=O)Nc1cc(F)c(F)cc1F)C(=O)O. The van der Waals surface area contributed by atoms with Crippen LogP contribution in [0.5, 0.6) is 0 Å². The van der Waals surface area contributed by atoms with Gasteiger partial charge in [0.15, 0.2) is 11.6 Å². The van der Waals surface area contributed by atoms with Gasteiger partial charge in [0.05, 0.1) is 11.6 Å². The molecular formula is C11H11F3N2O3. The van der Waals surface area contributed by atoms with Crippen LogP contribution in [-0.4, -0.2) is 23.7 Å². The molecule has 2 amide bonds. The highest BCUT2D eigenvalue weighted by molar-refractivity contribution is 5.89. The van der Waals surface area contributed by atoms with Crippen molar-refractivity contribution in [3.63, 3.8) is 0 Å². The Morgan fingerprint density at radius 1 is 1.21 bits per heavy atom. The van der Waals surface area contributed by atoms with E-state index in [4.69, 9.17) is 5.11 Å². The zero-order chi connectivity index (χ0) is 14.6. The number of hydrogen-bond donors (Lipinski definition) is 3. The van der Waals surface area contributed by atoms with Crippen molar-refractivity contribution < 1.29 is 27.9 Å². The Labute approximate surface area is 106 Å². The normalized spacial score (nSPS) is 11.8. The standard InChI is InChI=1S/C11H11F3N2O3/c1-5(10(17)18)4-15-11(19)16-9-3-7(13)6(12)2-8(9)14/h2-3,5H,4H2,1H3,(H,17,18)(H2,15,16,19). The third-order valence-electron chi connectivity index (χ3n) is 2.25. The second-order valence-corrected chi connectivity index (χ2v) is 3.82. The summed E-state index contributed by atoms with van der Waals surface area (Å²) >= 11 is 0. The van der Waals surface area contributed by atoms with Crippen LogP contribution in [0.4, 0.5) is 23.7 Å². The maximum absolute atomic E-state index is 13.2. The Hall–Kier alpha value is -2.25. The number of carboxylic acids is 1. The highest BCUT2D eigenvalue weighted by Crippen LogP contribution is 2.18. The molecule has 0 aliphatic carbocycles. The van der Waals surface area contributed by atoms with Gasteiger partial charge in [-0.2, -0.15) is 0 Å². The lowest BCUT2D eigenvalue weighted by Gasteiger charge is -2.10. The molecule has 0 aliphatic heterocycles. The topological polar surface area (TPSA) is 78.4 Å². The van der Waals surface area contributed by atoms with Gasteiger partial charge >= 0.3 is 12.0 Å². The van der Waals surface area contributed by atoms with Crippen molar-refractivity contribution in [3.05, 3.63) is 29.6 Å². The van der Waals surface area contributed by atoms with Crippen LogP contribution in [0, 0.1) is 23.4 Å². The summed E-state index contributed by atoms with van der Waals surface area (Å²) in [5.74, 6) is -5.77. The molecule has 0 fully saturated rings. The third-order valence-corrected chi connectivity index (χ3v) is 2.25. The van der Waals surface area contributed by atoms with Crippen molar-refractivity contribution in [2.75, 3.05) is 11.9 Å². The first kappa shape index (κ1) is 14.8. The predicted molar refractivity (Wildman–Crippen MR) is 60.1 cm³/mol. The molecule has 19 heavy (non-hydrogen) atoms. The number of carboxylic acid groups (broad SMARTS) is 1. The van der Waals surface area contributed by atoms with Crippen LogP contribution >= 0.6 is 0 Å². The van der Waals surface area contributed by atoms with Crippen molar-refractivity contribution in [1.82, 2.24) is 5.32 Å². The zero-order valence-electron chi connectivity index (χ0n) is 9.84. The highest BCUT2D eigenvalue weighted by Gasteiger charge is 2.14. The molecule has 0 saturated heterocycles. The Bertz CT molecular complexity index is 508. The summed E-state index contributed by atoms with van der Waals surface area (Å²) in [5, 5.41) is 12.7. The van der Waals surface area contributed by atoms with Crippen LogP contribution in [0.3, 0.4) is 0 Å². The lowest BCUT2D eigenvalue weighted by molar-refractivity contribution is -0.140. The van der Waals surface area contributed by atoms with Crippen molar-refractivity contribution >= 4 is 17.7 Å². The van der Waals surface area contributed by atoms with Gasteiger partial charge in [-0.05, 0) is 0 Å².